The van der Waals surface area contributed by atoms with Crippen molar-refractivity contribution in [1.29, 1.82) is 0 Å². The van der Waals surface area contributed by atoms with E-state index in [-0.39, 0.29) is 48.5 Å². The van der Waals surface area contributed by atoms with Crippen LogP contribution in [0.5, 0.6) is 11.5 Å². The fourth-order valence-corrected chi connectivity index (χ4v) is 7.58. The van der Waals surface area contributed by atoms with Crippen LogP contribution in [-0.4, -0.2) is 87.5 Å². The summed E-state index contributed by atoms with van der Waals surface area (Å²) in [5.41, 5.74) is 1.80. The maximum absolute atomic E-state index is 14.0. The number of H-pyrrole nitrogens is 1. The molecule has 1 aliphatic heterocycles. The SMILES string of the molecule is O=C(NCCCOc1cccc([C@](O)(C(=O)O[C@H]2CCCN(Cc3ccccc3)C2)c2ccccc2)c1)c1ccc(CNC[C@H](O)c2ccc(O)c3[nH]c(=O)ccc23)cc1.O=CO. The number of fused-ring (bicyclic) bond motifs is 1. The average Bonchev–Trinajstić information content (AvgIpc) is 3.30. The number of aromatic amines is 1. The van der Waals surface area contributed by atoms with E-state index >= 15 is 0 Å². The largest absolute Gasteiger partial charge is 0.506 e. The third-order valence-corrected chi connectivity index (χ3v) is 10.7. The van der Waals surface area contributed by atoms with E-state index in [4.69, 9.17) is 19.4 Å². The first kappa shape index (κ1) is 45.7. The second-order valence-corrected chi connectivity index (χ2v) is 15.2. The first-order chi connectivity index (χ1) is 30.6. The molecule has 328 valence electrons. The Morgan fingerprint density at radius 3 is 2.35 bits per heavy atom. The molecule has 1 aromatic heterocycles. The number of carboxylic acid groups (broad SMARTS) is 1. The molecule has 7 rings (SSSR count). The van der Waals surface area contributed by atoms with Gasteiger partial charge in [-0.25, -0.2) is 4.79 Å². The predicted octanol–water partition coefficient (Wildman–Crippen LogP) is 5.40. The maximum atomic E-state index is 14.0. The second-order valence-electron chi connectivity index (χ2n) is 15.2. The molecule has 3 atom stereocenters. The van der Waals surface area contributed by atoms with E-state index in [0.29, 0.717) is 65.9 Å². The molecular formula is C49H52N4O10. The Balaban J connectivity index is 0.00000214. The van der Waals surface area contributed by atoms with Gasteiger partial charge in [0.05, 0.1) is 18.2 Å². The number of nitrogens with one attached hydrogen (secondary N) is 3. The number of aromatic hydroxyl groups is 1. The molecule has 7 N–H and O–H groups in total. The molecule has 6 aromatic rings. The minimum Gasteiger partial charge on any atom is -0.506 e. The molecule has 0 saturated carbocycles. The van der Waals surface area contributed by atoms with E-state index in [0.717, 1.165) is 25.1 Å². The number of phenols is 1. The summed E-state index contributed by atoms with van der Waals surface area (Å²) in [5.74, 6) is -0.556. The predicted molar refractivity (Wildman–Crippen MR) is 237 cm³/mol. The lowest BCUT2D eigenvalue weighted by molar-refractivity contribution is -0.170. The normalized spacial score (nSPS) is 15.2. The first-order valence-electron chi connectivity index (χ1n) is 20.8. The quantitative estimate of drug-likeness (QED) is 0.0350. The molecule has 0 spiro atoms. The number of phenolic OH excluding ortho intramolecular Hbond substituents is 1. The van der Waals surface area contributed by atoms with Crippen LogP contribution in [0.25, 0.3) is 10.9 Å². The van der Waals surface area contributed by atoms with Crippen molar-refractivity contribution >= 4 is 29.3 Å². The summed E-state index contributed by atoms with van der Waals surface area (Å²) in [6.07, 6.45) is 0.854. The van der Waals surface area contributed by atoms with Gasteiger partial charge in [-0.15, -0.1) is 0 Å². The molecule has 2 heterocycles. The summed E-state index contributed by atoms with van der Waals surface area (Å²) in [4.78, 5) is 51.8. The number of carbonyl (C=O) groups is 3. The zero-order valence-corrected chi connectivity index (χ0v) is 34.7. The van der Waals surface area contributed by atoms with Gasteiger partial charge in [0.2, 0.25) is 11.2 Å². The third kappa shape index (κ3) is 12.2. The minimum atomic E-state index is -2.06. The zero-order chi connectivity index (χ0) is 44.6. The average molecular weight is 857 g/mol. The summed E-state index contributed by atoms with van der Waals surface area (Å²) in [6, 6.07) is 39.0. The van der Waals surface area contributed by atoms with Crippen LogP contribution in [0.1, 0.15) is 63.5 Å². The number of hydrogen-bond donors (Lipinski definition) is 7. The van der Waals surface area contributed by atoms with Gasteiger partial charge in [0, 0.05) is 55.3 Å². The number of carbonyl (C=O) groups excluding carboxylic acids is 2. The number of aliphatic hydroxyl groups excluding tert-OH is 1. The van der Waals surface area contributed by atoms with Gasteiger partial charge < -0.3 is 45.5 Å². The van der Waals surface area contributed by atoms with Gasteiger partial charge in [-0.1, -0.05) is 91.0 Å². The van der Waals surface area contributed by atoms with E-state index in [1.54, 1.807) is 72.8 Å². The van der Waals surface area contributed by atoms with Crippen LogP contribution in [0.15, 0.2) is 138 Å². The van der Waals surface area contributed by atoms with Crippen molar-refractivity contribution in [3.63, 3.8) is 0 Å². The highest BCUT2D eigenvalue weighted by molar-refractivity contribution is 5.94. The molecule has 0 radical (unpaired) electrons. The Kier molecular flexibility index (Phi) is 16.2. The molecular weight excluding hydrogens is 805 g/mol. The molecule has 5 aromatic carbocycles. The number of esters is 1. The molecule has 1 amide bonds. The molecule has 0 unspecified atom stereocenters. The monoisotopic (exact) mass is 856 g/mol. The molecule has 1 saturated heterocycles. The van der Waals surface area contributed by atoms with Gasteiger partial charge in [0.25, 0.3) is 12.4 Å². The standard InChI is InChI=1S/C48H50N4O8.CH2O2/c53-42-23-21-40(41-22-24-44(55)51-45(41)42)43(54)30-49-29-33-17-19-35(20-18-33)46(56)50-25-9-27-59-38-15-7-14-37(28-38)48(58,36-12-5-2-6-13-36)47(57)60-39-16-8-26-52(32-39)31-34-10-3-1-4-11-34;2-1-3/h1-7,10-15,17-24,28,39,43,49,53-54,58H,8-9,16,25-27,29-32H2,(H,50,56)(H,51,55);1H,(H,2,3)/t39-,43-,48-;/m0./s1. The van der Waals surface area contributed by atoms with Crippen molar-refractivity contribution in [3.05, 3.63) is 177 Å². The number of nitrogens with zero attached hydrogens (tertiary/aromatic N) is 1. The van der Waals surface area contributed by atoms with E-state index in [1.165, 1.54) is 17.7 Å². The zero-order valence-electron chi connectivity index (χ0n) is 34.7. The molecule has 1 aliphatic rings. The number of piperidine rings is 1. The van der Waals surface area contributed by atoms with Crippen molar-refractivity contribution in [2.45, 2.75) is 50.2 Å². The summed E-state index contributed by atoms with van der Waals surface area (Å²) < 4.78 is 12.1. The Bertz CT molecular complexity index is 2480. The van der Waals surface area contributed by atoms with Crippen LogP contribution < -0.4 is 20.9 Å². The highest BCUT2D eigenvalue weighted by atomic mass is 16.6. The fourth-order valence-electron chi connectivity index (χ4n) is 7.58. The smallest absolute Gasteiger partial charge is 0.348 e. The number of ether oxygens (including phenoxy) is 2. The highest BCUT2D eigenvalue weighted by Crippen LogP contribution is 2.34. The summed E-state index contributed by atoms with van der Waals surface area (Å²) in [5, 5.41) is 46.7. The molecule has 1 fully saturated rings. The number of aromatic nitrogens is 1. The van der Waals surface area contributed by atoms with Gasteiger partial charge in [-0.3, -0.25) is 19.3 Å². The molecule has 14 heteroatoms. The van der Waals surface area contributed by atoms with Crippen LogP contribution >= 0.6 is 0 Å². The number of aliphatic hydroxyl groups is 2. The van der Waals surface area contributed by atoms with Crippen LogP contribution in [0.2, 0.25) is 0 Å². The van der Waals surface area contributed by atoms with E-state index in [2.05, 4.69) is 32.7 Å². The topological polar surface area (TPSA) is 211 Å². The van der Waals surface area contributed by atoms with Gasteiger partial charge >= 0.3 is 5.97 Å². The lowest BCUT2D eigenvalue weighted by Crippen LogP contribution is -2.45. The maximum Gasteiger partial charge on any atom is 0.348 e. The Labute approximate surface area is 364 Å². The lowest BCUT2D eigenvalue weighted by Gasteiger charge is -2.35. The second kappa shape index (κ2) is 22.3. The van der Waals surface area contributed by atoms with E-state index < -0.39 is 17.7 Å². The van der Waals surface area contributed by atoms with Crippen LogP contribution in [0.4, 0.5) is 0 Å². The van der Waals surface area contributed by atoms with Crippen LogP contribution in [-0.2, 0) is 33.0 Å². The number of hydrogen-bond acceptors (Lipinski definition) is 11. The van der Waals surface area contributed by atoms with E-state index in [1.807, 2.05) is 36.4 Å². The van der Waals surface area contributed by atoms with Crippen molar-refractivity contribution in [1.82, 2.24) is 20.5 Å². The van der Waals surface area contributed by atoms with E-state index in [9.17, 15) is 29.7 Å². The summed E-state index contributed by atoms with van der Waals surface area (Å²) >= 11 is 0. The number of amides is 1. The molecule has 63 heavy (non-hydrogen) atoms. The summed E-state index contributed by atoms with van der Waals surface area (Å²) in [6.45, 7) is 3.31. The van der Waals surface area contributed by atoms with Crippen LogP contribution in [0.3, 0.4) is 0 Å². The van der Waals surface area contributed by atoms with Gasteiger partial charge in [0.15, 0.2) is 0 Å². The lowest BCUT2D eigenvalue weighted by atomic mass is 9.86. The molecule has 0 bridgehead atoms. The summed E-state index contributed by atoms with van der Waals surface area (Å²) in [7, 11) is 0. The number of likely N-dealkylation sites (tertiary alicyclic amines) is 1. The van der Waals surface area contributed by atoms with Crippen molar-refractivity contribution in [2.24, 2.45) is 0 Å². The van der Waals surface area contributed by atoms with Crippen molar-refractivity contribution in [3.8, 4) is 11.5 Å². The van der Waals surface area contributed by atoms with Crippen molar-refractivity contribution < 1.29 is 44.3 Å². The molecule has 14 nitrogen and oxygen atoms in total. The molecule has 0 aliphatic carbocycles. The Hall–Kier alpha value is -6.84. The van der Waals surface area contributed by atoms with Crippen molar-refractivity contribution in [2.75, 3.05) is 32.8 Å². The first-order valence-corrected chi connectivity index (χ1v) is 20.8. The fraction of sp³-hybridized carbons (Fsp3) is 0.265. The minimum absolute atomic E-state index is 0.0674. The Morgan fingerprint density at radius 1 is 0.889 bits per heavy atom. The number of rotatable bonds is 17. The number of benzene rings is 5. The Morgan fingerprint density at radius 2 is 1.60 bits per heavy atom. The van der Waals surface area contributed by atoms with Crippen LogP contribution in [0, 0.1) is 0 Å². The number of pyridine rings is 1. The van der Waals surface area contributed by atoms with Gasteiger partial charge in [-0.05, 0) is 84.5 Å². The van der Waals surface area contributed by atoms with Gasteiger partial charge in [0.1, 0.15) is 17.6 Å². The third-order valence-electron chi connectivity index (χ3n) is 10.7. The highest BCUT2D eigenvalue weighted by Gasteiger charge is 2.43. The van der Waals surface area contributed by atoms with Gasteiger partial charge in [-0.2, -0.15) is 0 Å².